The molecule has 0 saturated heterocycles. The Morgan fingerprint density at radius 1 is 1.25 bits per heavy atom. The molecular formula is C18H14N2O2S2. The van der Waals surface area contributed by atoms with Gasteiger partial charge in [0.25, 0.3) is 5.56 Å². The van der Waals surface area contributed by atoms with Crippen molar-refractivity contribution in [2.24, 2.45) is 0 Å². The molecule has 4 aromatic heterocycles. The molecule has 4 nitrogen and oxygen atoms in total. The maximum absolute atomic E-state index is 11.9. The van der Waals surface area contributed by atoms with E-state index >= 15 is 0 Å². The molecular weight excluding hydrogens is 340 g/mol. The summed E-state index contributed by atoms with van der Waals surface area (Å²) in [5.74, 6) is 0.0341. The molecule has 1 aliphatic rings. The molecule has 1 aliphatic carbocycles. The van der Waals surface area contributed by atoms with Crippen molar-refractivity contribution < 1.29 is 5.11 Å². The normalized spacial score (nSPS) is 14.3. The second kappa shape index (κ2) is 5.16. The molecule has 24 heavy (non-hydrogen) atoms. The minimum absolute atomic E-state index is 0.0341. The van der Waals surface area contributed by atoms with Crippen LogP contribution in [0.15, 0.2) is 28.4 Å². The van der Waals surface area contributed by atoms with Gasteiger partial charge in [-0.2, -0.15) is 0 Å². The van der Waals surface area contributed by atoms with Crippen LogP contribution in [0, 0.1) is 0 Å². The van der Waals surface area contributed by atoms with Crippen molar-refractivity contribution in [2.75, 3.05) is 0 Å². The second-order valence-electron chi connectivity index (χ2n) is 6.10. The van der Waals surface area contributed by atoms with Crippen molar-refractivity contribution in [1.29, 1.82) is 0 Å². The average molecular weight is 354 g/mol. The summed E-state index contributed by atoms with van der Waals surface area (Å²) in [4.78, 5) is 21.8. The minimum Gasteiger partial charge on any atom is -0.506 e. The number of thiophene rings is 2. The lowest BCUT2D eigenvalue weighted by atomic mass is 9.90. The Hall–Kier alpha value is -2.18. The topological polar surface area (TPSA) is 66.0 Å². The largest absolute Gasteiger partial charge is 0.506 e. The van der Waals surface area contributed by atoms with Crippen molar-refractivity contribution >= 4 is 43.1 Å². The number of nitrogens with one attached hydrogen (secondary N) is 1. The molecule has 2 N–H and O–H groups in total. The summed E-state index contributed by atoms with van der Waals surface area (Å²) in [6.07, 6.45) is 4.36. The number of nitrogens with zero attached hydrogens (tertiary/aromatic N) is 1. The number of pyridine rings is 2. The third-order valence-corrected chi connectivity index (χ3v) is 6.63. The number of hydrogen-bond acceptors (Lipinski definition) is 5. The van der Waals surface area contributed by atoms with Crippen LogP contribution in [0.5, 0.6) is 5.75 Å². The third-order valence-electron chi connectivity index (χ3n) is 4.63. The van der Waals surface area contributed by atoms with Crippen LogP contribution < -0.4 is 5.56 Å². The summed E-state index contributed by atoms with van der Waals surface area (Å²) in [5.41, 5.74) is 4.10. The van der Waals surface area contributed by atoms with Gasteiger partial charge in [-0.3, -0.25) is 4.79 Å². The van der Waals surface area contributed by atoms with Gasteiger partial charge in [0.15, 0.2) is 0 Å². The molecule has 0 atom stereocenters. The molecule has 5 rings (SSSR count). The molecule has 0 amide bonds. The van der Waals surface area contributed by atoms with E-state index in [-0.39, 0.29) is 11.3 Å². The van der Waals surface area contributed by atoms with Gasteiger partial charge in [0.1, 0.15) is 10.6 Å². The average Bonchev–Trinajstić information content (AvgIpc) is 3.21. The number of fused-ring (bicyclic) bond motifs is 4. The van der Waals surface area contributed by atoms with E-state index in [1.807, 2.05) is 0 Å². The predicted molar refractivity (Wildman–Crippen MR) is 99.4 cm³/mol. The van der Waals surface area contributed by atoms with Gasteiger partial charge in [0.05, 0.1) is 10.2 Å². The zero-order valence-corrected chi connectivity index (χ0v) is 14.4. The van der Waals surface area contributed by atoms with Crippen molar-refractivity contribution in [3.05, 3.63) is 45.2 Å². The number of aromatic amines is 1. The van der Waals surface area contributed by atoms with Crippen LogP contribution in [0.1, 0.15) is 24.1 Å². The summed E-state index contributed by atoms with van der Waals surface area (Å²) in [7, 11) is 0. The molecule has 0 spiro atoms. The predicted octanol–water partition coefficient (Wildman–Crippen LogP) is 4.45. The van der Waals surface area contributed by atoms with Crippen LogP contribution in [0.4, 0.5) is 0 Å². The number of aryl methyl sites for hydroxylation is 1. The summed E-state index contributed by atoms with van der Waals surface area (Å²) in [5, 5.41) is 13.3. The van der Waals surface area contributed by atoms with Gasteiger partial charge in [-0.25, -0.2) is 4.98 Å². The number of H-pyrrole nitrogens is 1. The maximum Gasteiger partial charge on any atom is 0.252 e. The van der Waals surface area contributed by atoms with E-state index in [2.05, 4.69) is 22.5 Å². The van der Waals surface area contributed by atoms with E-state index in [9.17, 15) is 9.90 Å². The molecule has 0 aliphatic heterocycles. The van der Waals surface area contributed by atoms with E-state index in [0.717, 1.165) is 23.1 Å². The summed E-state index contributed by atoms with van der Waals surface area (Å²) in [6, 6.07) is 5.41. The highest BCUT2D eigenvalue weighted by molar-refractivity contribution is 7.26. The van der Waals surface area contributed by atoms with Gasteiger partial charge in [-0.15, -0.1) is 22.7 Å². The van der Waals surface area contributed by atoms with Crippen molar-refractivity contribution in [2.45, 2.75) is 25.7 Å². The highest BCUT2D eigenvalue weighted by Gasteiger charge is 2.23. The van der Waals surface area contributed by atoms with E-state index in [1.54, 1.807) is 11.3 Å². The molecule has 6 heteroatoms. The van der Waals surface area contributed by atoms with Crippen LogP contribution in [0.25, 0.3) is 30.9 Å². The fourth-order valence-electron chi connectivity index (χ4n) is 3.63. The smallest absolute Gasteiger partial charge is 0.252 e. The number of rotatable bonds is 1. The monoisotopic (exact) mass is 354 g/mol. The van der Waals surface area contributed by atoms with Crippen molar-refractivity contribution in [3.8, 4) is 16.2 Å². The van der Waals surface area contributed by atoms with Crippen molar-refractivity contribution in [3.63, 3.8) is 0 Å². The first kappa shape index (κ1) is 14.2. The van der Waals surface area contributed by atoms with Crippen LogP contribution in [-0.2, 0) is 12.8 Å². The summed E-state index contributed by atoms with van der Waals surface area (Å²) >= 11 is 3.16. The second-order valence-corrected chi connectivity index (χ2v) is 8.05. The van der Waals surface area contributed by atoms with Crippen molar-refractivity contribution in [1.82, 2.24) is 9.97 Å². The molecule has 120 valence electrons. The number of aromatic hydroxyl groups is 1. The molecule has 0 fully saturated rings. The van der Waals surface area contributed by atoms with Crippen LogP contribution in [-0.4, -0.2) is 15.1 Å². The van der Waals surface area contributed by atoms with Gasteiger partial charge in [0.2, 0.25) is 0 Å². The molecule has 4 aromatic rings. The standard InChI is InChI=1S/C18H14N2O2S2/c21-11-8-13(22)20-16-15-14(12-6-3-7-23-12)9-4-1-2-5-10(9)19-18(15)24-17(11)16/h3,6-8H,1-2,4-5H2,(H2,20,21,22). The Labute approximate surface area is 145 Å². The van der Waals surface area contributed by atoms with Gasteiger partial charge in [-0.1, -0.05) is 6.07 Å². The van der Waals surface area contributed by atoms with Gasteiger partial charge < -0.3 is 10.1 Å². The summed E-state index contributed by atoms with van der Waals surface area (Å²) in [6.45, 7) is 0. The molecule has 0 saturated carbocycles. The molecule has 4 heterocycles. The Kier molecular flexibility index (Phi) is 3.05. The fraction of sp³-hybridized carbons (Fsp3) is 0.222. The highest BCUT2D eigenvalue weighted by Crippen LogP contribution is 2.45. The van der Waals surface area contributed by atoms with Crippen LogP contribution in [0.2, 0.25) is 0 Å². The van der Waals surface area contributed by atoms with Crippen LogP contribution >= 0.6 is 22.7 Å². The number of hydrogen-bond donors (Lipinski definition) is 2. The minimum atomic E-state index is -0.283. The third kappa shape index (κ3) is 1.96. The summed E-state index contributed by atoms with van der Waals surface area (Å²) < 4.78 is 0.706. The van der Waals surface area contributed by atoms with E-state index in [4.69, 9.17) is 4.98 Å². The molecule has 0 bridgehead atoms. The Morgan fingerprint density at radius 2 is 2.12 bits per heavy atom. The maximum atomic E-state index is 11.9. The molecule has 0 aromatic carbocycles. The van der Waals surface area contributed by atoms with E-state index in [1.165, 1.54) is 51.9 Å². The SMILES string of the molecule is O=c1cc(O)c2sc3nc4c(c(-c5cccs5)c3c2[nH]1)CCCC4. The van der Waals surface area contributed by atoms with Gasteiger partial charge >= 0.3 is 0 Å². The van der Waals surface area contributed by atoms with Crippen LogP contribution in [0.3, 0.4) is 0 Å². The first-order valence-electron chi connectivity index (χ1n) is 7.96. The zero-order chi connectivity index (χ0) is 16.3. The first-order valence-corrected chi connectivity index (χ1v) is 9.66. The first-order chi connectivity index (χ1) is 11.7. The zero-order valence-electron chi connectivity index (χ0n) is 12.8. The lowest BCUT2D eigenvalue weighted by Gasteiger charge is -2.19. The van der Waals surface area contributed by atoms with E-state index < -0.39 is 0 Å². The highest BCUT2D eigenvalue weighted by atomic mass is 32.1. The Bertz CT molecular complexity index is 1140. The lowest BCUT2D eigenvalue weighted by Crippen LogP contribution is -2.07. The Balaban J connectivity index is 2.03. The van der Waals surface area contributed by atoms with Gasteiger partial charge in [-0.05, 0) is 42.7 Å². The number of aromatic nitrogens is 2. The van der Waals surface area contributed by atoms with Gasteiger partial charge in [0, 0.05) is 27.6 Å². The fourth-order valence-corrected chi connectivity index (χ4v) is 5.50. The molecule has 0 unspecified atom stereocenters. The molecule has 0 radical (unpaired) electrons. The quantitative estimate of drug-likeness (QED) is 0.531. The Morgan fingerprint density at radius 3 is 2.96 bits per heavy atom. The van der Waals surface area contributed by atoms with E-state index in [0.29, 0.717) is 10.2 Å². The lowest BCUT2D eigenvalue weighted by molar-refractivity contribution is 0.481.